The number of benzene rings is 4. The fraction of sp³-hybridized carbons (Fsp3) is 0.182. The summed E-state index contributed by atoms with van der Waals surface area (Å²) in [4.78, 5) is 34.3. The molecule has 5 aromatic rings. The number of para-hydroxylation sites is 1. The van der Waals surface area contributed by atoms with Gasteiger partial charge in [-0.25, -0.2) is 4.98 Å². The Hall–Kier alpha value is -4.42. The minimum Gasteiger partial charge on any atom is -0.484 e. The molecular weight excluding hydrogens is 522 g/mol. The van der Waals surface area contributed by atoms with Gasteiger partial charge < -0.3 is 9.64 Å². The van der Waals surface area contributed by atoms with Crippen LogP contribution in [0.4, 0.5) is 0 Å². The van der Waals surface area contributed by atoms with Crippen LogP contribution in [0, 0.1) is 0 Å². The number of halogens is 1. The summed E-state index contributed by atoms with van der Waals surface area (Å²) in [7, 11) is 0. The monoisotopic (exact) mass is 551 g/mol. The van der Waals surface area contributed by atoms with Crippen molar-refractivity contribution in [2.24, 2.45) is 0 Å². The van der Waals surface area contributed by atoms with Gasteiger partial charge in [0, 0.05) is 11.6 Å². The van der Waals surface area contributed by atoms with Gasteiger partial charge in [0.15, 0.2) is 6.61 Å². The van der Waals surface area contributed by atoms with Crippen molar-refractivity contribution in [3.63, 3.8) is 0 Å². The number of amides is 1. The highest BCUT2D eigenvalue weighted by Gasteiger charge is 2.27. The van der Waals surface area contributed by atoms with Gasteiger partial charge in [0.05, 0.1) is 22.6 Å². The van der Waals surface area contributed by atoms with Crippen LogP contribution in [0.25, 0.3) is 16.6 Å². The summed E-state index contributed by atoms with van der Waals surface area (Å²) in [5.41, 5.74) is 3.23. The van der Waals surface area contributed by atoms with Crippen LogP contribution < -0.4 is 10.3 Å². The molecule has 1 unspecified atom stereocenters. The number of fused-ring (bicyclic) bond motifs is 1. The first-order chi connectivity index (χ1) is 19.4. The van der Waals surface area contributed by atoms with Crippen LogP contribution in [0.1, 0.15) is 36.8 Å². The zero-order valence-electron chi connectivity index (χ0n) is 22.5. The molecule has 0 fully saturated rings. The Bertz CT molecular complexity index is 1670. The fourth-order valence-electron chi connectivity index (χ4n) is 4.68. The van der Waals surface area contributed by atoms with E-state index in [0.717, 1.165) is 12.0 Å². The molecule has 7 heteroatoms. The third-order valence-corrected chi connectivity index (χ3v) is 7.19. The Morgan fingerprint density at radius 1 is 0.900 bits per heavy atom. The molecule has 1 atom stereocenters. The quantitative estimate of drug-likeness (QED) is 0.203. The summed E-state index contributed by atoms with van der Waals surface area (Å²) in [5.74, 6) is 0.784. The number of carbonyl (C=O) groups excluding carboxylic acids is 1. The summed E-state index contributed by atoms with van der Waals surface area (Å²) < 4.78 is 7.45. The van der Waals surface area contributed by atoms with Gasteiger partial charge in [-0.2, -0.15) is 0 Å². The number of aryl methyl sites for hydroxylation is 1. The van der Waals surface area contributed by atoms with Crippen molar-refractivity contribution in [1.29, 1.82) is 0 Å². The smallest absolute Gasteiger partial charge is 0.266 e. The van der Waals surface area contributed by atoms with Gasteiger partial charge in [0.25, 0.3) is 11.5 Å². The van der Waals surface area contributed by atoms with Gasteiger partial charge in [-0.1, -0.05) is 73.1 Å². The molecule has 0 aliphatic heterocycles. The summed E-state index contributed by atoms with van der Waals surface area (Å²) in [5, 5.41) is 1.11. The minimum absolute atomic E-state index is 0.179. The van der Waals surface area contributed by atoms with E-state index >= 15 is 0 Å². The number of aromatic nitrogens is 2. The molecule has 4 aromatic carbocycles. The zero-order valence-corrected chi connectivity index (χ0v) is 23.2. The summed E-state index contributed by atoms with van der Waals surface area (Å²) in [6.07, 6.45) is 0.890. The maximum Gasteiger partial charge on any atom is 0.266 e. The Morgan fingerprint density at radius 3 is 2.27 bits per heavy atom. The normalized spacial score (nSPS) is 11.8. The van der Waals surface area contributed by atoms with Gasteiger partial charge in [0.2, 0.25) is 0 Å². The van der Waals surface area contributed by atoms with E-state index in [9.17, 15) is 9.59 Å². The molecule has 1 amide bonds. The lowest BCUT2D eigenvalue weighted by Gasteiger charge is -2.31. The number of carbonyl (C=O) groups is 1. The van der Waals surface area contributed by atoms with E-state index in [1.807, 2.05) is 79.7 Å². The van der Waals surface area contributed by atoms with Gasteiger partial charge in [-0.15, -0.1) is 0 Å². The molecule has 5 rings (SSSR count). The number of hydrogen-bond donors (Lipinski definition) is 0. The van der Waals surface area contributed by atoms with Crippen molar-refractivity contribution in [1.82, 2.24) is 14.5 Å². The molecule has 1 heterocycles. The van der Waals surface area contributed by atoms with E-state index in [4.69, 9.17) is 21.3 Å². The lowest BCUT2D eigenvalue weighted by molar-refractivity contribution is -0.136. The molecule has 0 saturated carbocycles. The Kier molecular flexibility index (Phi) is 8.27. The van der Waals surface area contributed by atoms with Gasteiger partial charge >= 0.3 is 0 Å². The Balaban J connectivity index is 1.58. The van der Waals surface area contributed by atoms with Crippen LogP contribution in [0.3, 0.4) is 0 Å². The van der Waals surface area contributed by atoms with Crippen molar-refractivity contribution in [3.05, 3.63) is 135 Å². The summed E-state index contributed by atoms with van der Waals surface area (Å²) in [6, 6.07) is 31.3. The van der Waals surface area contributed by atoms with E-state index in [2.05, 4.69) is 6.92 Å². The van der Waals surface area contributed by atoms with Crippen molar-refractivity contribution in [2.75, 3.05) is 6.61 Å². The second-order valence-corrected chi connectivity index (χ2v) is 10.0. The largest absolute Gasteiger partial charge is 0.484 e. The van der Waals surface area contributed by atoms with Crippen LogP contribution in [-0.4, -0.2) is 27.0 Å². The summed E-state index contributed by atoms with van der Waals surface area (Å²) in [6.45, 7) is 4.13. The number of hydrogen-bond acceptors (Lipinski definition) is 4. The van der Waals surface area contributed by atoms with Crippen molar-refractivity contribution in [2.45, 2.75) is 32.9 Å². The molecule has 0 aliphatic rings. The van der Waals surface area contributed by atoms with E-state index in [-0.39, 0.29) is 18.1 Å². The SMILES string of the molecule is CCc1ccc(-n2c(C(C)N(Cc3ccccc3)C(=O)COc3ccc(Cl)cc3)nc3ccccc3c2=O)cc1. The average molecular weight is 552 g/mol. The molecule has 0 bridgehead atoms. The standard InChI is InChI=1S/C33H30ClN3O3/c1-3-24-13-17-27(18-14-24)37-32(35-30-12-8-7-11-29(30)33(37)39)23(2)36(21-25-9-5-4-6-10-25)31(38)22-40-28-19-15-26(34)16-20-28/h4-20,23H,3,21-22H2,1-2H3. The Labute approximate surface area is 238 Å². The van der Waals surface area contributed by atoms with Crippen LogP contribution in [-0.2, 0) is 17.8 Å². The van der Waals surface area contributed by atoms with Gasteiger partial charge in [-0.05, 0) is 73.0 Å². The summed E-state index contributed by atoms with van der Waals surface area (Å²) >= 11 is 6.00. The van der Waals surface area contributed by atoms with Gasteiger partial charge in [-0.3, -0.25) is 14.2 Å². The van der Waals surface area contributed by atoms with Crippen molar-refractivity contribution >= 4 is 28.4 Å². The maximum absolute atomic E-state index is 13.9. The molecule has 6 nitrogen and oxygen atoms in total. The topological polar surface area (TPSA) is 64.4 Å². The zero-order chi connectivity index (χ0) is 28.1. The van der Waals surface area contributed by atoms with Gasteiger partial charge in [0.1, 0.15) is 11.6 Å². The Morgan fingerprint density at radius 2 is 1.57 bits per heavy atom. The molecular formula is C33H30ClN3O3. The third kappa shape index (κ3) is 5.92. The molecule has 0 radical (unpaired) electrons. The van der Waals surface area contributed by atoms with E-state index < -0.39 is 6.04 Å². The van der Waals surface area contributed by atoms with Crippen LogP contribution in [0.15, 0.2) is 108 Å². The predicted octanol–water partition coefficient (Wildman–Crippen LogP) is 6.77. The highest BCUT2D eigenvalue weighted by Crippen LogP contribution is 2.25. The van der Waals surface area contributed by atoms with Crippen molar-refractivity contribution in [3.8, 4) is 11.4 Å². The first-order valence-electron chi connectivity index (χ1n) is 13.3. The molecule has 40 heavy (non-hydrogen) atoms. The molecule has 1 aromatic heterocycles. The van der Waals surface area contributed by atoms with Crippen LogP contribution in [0.2, 0.25) is 5.02 Å². The number of nitrogens with zero attached hydrogens (tertiary/aromatic N) is 3. The highest BCUT2D eigenvalue weighted by atomic mass is 35.5. The van der Waals surface area contributed by atoms with Crippen molar-refractivity contribution < 1.29 is 9.53 Å². The number of ether oxygens (including phenoxy) is 1. The molecule has 202 valence electrons. The average Bonchev–Trinajstić information content (AvgIpc) is 2.99. The van der Waals surface area contributed by atoms with Crippen LogP contribution in [0.5, 0.6) is 5.75 Å². The second kappa shape index (κ2) is 12.2. The number of rotatable bonds is 9. The van der Waals surface area contributed by atoms with E-state index in [0.29, 0.717) is 39.7 Å². The lowest BCUT2D eigenvalue weighted by Crippen LogP contribution is -2.39. The first-order valence-corrected chi connectivity index (χ1v) is 13.6. The lowest BCUT2D eigenvalue weighted by atomic mass is 10.1. The third-order valence-electron chi connectivity index (χ3n) is 6.94. The second-order valence-electron chi connectivity index (χ2n) is 9.57. The fourth-order valence-corrected chi connectivity index (χ4v) is 4.81. The van der Waals surface area contributed by atoms with E-state index in [1.54, 1.807) is 39.8 Å². The minimum atomic E-state index is -0.551. The molecule has 0 saturated heterocycles. The highest BCUT2D eigenvalue weighted by molar-refractivity contribution is 6.30. The first kappa shape index (κ1) is 27.2. The molecule has 0 aliphatic carbocycles. The maximum atomic E-state index is 13.9. The molecule has 0 N–H and O–H groups in total. The molecule has 0 spiro atoms. The van der Waals surface area contributed by atoms with E-state index in [1.165, 1.54) is 5.56 Å². The van der Waals surface area contributed by atoms with Crippen LogP contribution >= 0.6 is 11.6 Å². The predicted molar refractivity (Wildman–Crippen MR) is 159 cm³/mol.